The molecule has 0 fully saturated rings. The molecule has 3 amide bonds. The number of aliphatic hydroxyl groups is 1. The third-order valence-electron chi connectivity index (χ3n) is 4.47. The number of benzene rings is 1. The van der Waals surface area contributed by atoms with Gasteiger partial charge in [0.25, 0.3) is 0 Å². The van der Waals surface area contributed by atoms with Crippen molar-refractivity contribution in [2.45, 2.75) is 64.6 Å². The molecular formula is C22H35N3O6. The van der Waals surface area contributed by atoms with Crippen molar-refractivity contribution in [2.24, 2.45) is 0 Å². The third kappa shape index (κ3) is 8.45. The molecule has 1 rings (SSSR count). The predicted molar refractivity (Wildman–Crippen MR) is 116 cm³/mol. The van der Waals surface area contributed by atoms with E-state index in [0.717, 1.165) is 24.2 Å². The van der Waals surface area contributed by atoms with Crippen LogP contribution in [-0.4, -0.2) is 64.9 Å². The molecule has 31 heavy (non-hydrogen) atoms. The van der Waals surface area contributed by atoms with Crippen LogP contribution in [-0.2, 0) is 14.3 Å². The monoisotopic (exact) mass is 437 g/mol. The van der Waals surface area contributed by atoms with Crippen molar-refractivity contribution >= 4 is 17.9 Å². The SMILES string of the molecule is CCCCCNC(=O)C(c1ccccc1O)N(C)C(=O)C(CO)NC(=O)OC(C)(C)C. The van der Waals surface area contributed by atoms with E-state index in [1.54, 1.807) is 39.0 Å². The van der Waals surface area contributed by atoms with Crippen LogP contribution in [0.5, 0.6) is 5.75 Å². The number of unbranched alkanes of at least 4 members (excludes halogenated alkanes) is 2. The van der Waals surface area contributed by atoms with Crippen LogP contribution in [0.4, 0.5) is 4.79 Å². The molecule has 0 aromatic heterocycles. The number of amides is 3. The number of hydrogen-bond donors (Lipinski definition) is 4. The molecule has 0 spiro atoms. The average molecular weight is 438 g/mol. The molecule has 1 aromatic carbocycles. The van der Waals surface area contributed by atoms with Gasteiger partial charge in [-0.25, -0.2) is 4.79 Å². The Morgan fingerprint density at radius 3 is 2.35 bits per heavy atom. The van der Waals surface area contributed by atoms with E-state index in [1.807, 2.05) is 6.92 Å². The molecule has 9 heteroatoms. The first-order valence-corrected chi connectivity index (χ1v) is 10.4. The van der Waals surface area contributed by atoms with E-state index in [-0.39, 0.29) is 11.3 Å². The van der Waals surface area contributed by atoms with Gasteiger partial charge in [0.1, 0.15) is 23.4 Å². The van der Waals surface area contributed by atoms with Gasteiger partial charge in [0, 0.05) is 19.2 Å². The lowest BCUT2D eigenvalue weighted by Gasteiger charge is -2.31. The highest BCUT2D eigenvalue weighted by atomic mass is 16.6. The Morgan fingerprint density at radius 1 is 1.16 bits per heavy atom. The molecule has 174 valence electrons. The van der Waals surface area contributed by atoms with E-state index in [4.69, 9.17) is 4.74 Å². The first kappa shape index (κ1) is 26.2. The number of phenols is 1. The van der Waals surface area contributed by atoms with Crippen molar-refractivity contribution in [1.82, 2.24) is 15.5 Å². The summed E-state index contributed by atoms with van der Waals surface area (Å²) in [4.78, 5) is 39.1. The van der Waals surface area contributed by atoms with Crippen molar-refractivity contribution < 1.29 is 29.3 Å². The molecule has 9 nitrogen and oxygen atoms in total. The van der Waals surface area contributed by atoms with E-state index in [0.29, 0.717) is 6.54 Å². The molecule has 0 heterocycles. The summed E-state index contributed by atoms with van der Waals surface area (Å²) in [6.07, 6.45) is 1.86. The van der Waals surface area contributed by atoms with E-state index in [9.17, 15) is 24.6 Å². The van der Waals surface area contributed by atoms with Gasteiger partial charge >= 0.3 is 6.09 Å². The molecule has 2 unspecified atom stereocenters. The second kappa shape index (κ2) is 12.1. The Kier molecular flexibility index (Phi) is 10.3. The fourth-order valence-electron chi connectivity index (χ4n) is 2.94. The number of rotatable bonds is 10. The van der Waals surface area contributed by atoms with Crippen LogP contribution < -0.4 is 10.6 Å². The highest BCUT2D eigenvalue weighted by molar-refractivity contribution is 5.92. The molecule has 0 saturated heterocycles. The molecule has 0 radical (unpaired) electrons. The summed E-state index contributed by atoms with van der Waals surface area (Å²) in [5.41, 5.74) is -0.546. The quantitative estimate of drug-likeness (QED) is 0.415. The second-order valence-electron chi connectivity index (χ2n) is 8.29. The number of carbonyl (C=O) groups is 3. The number of phenolic OH excluding ortho intramolecular Hbond substituents is 1. The summed E-state index contributed by atoms with van der Waals surface area (Å²) in [7, 11) is 1.38. The zero-order chi connectivity index (χ0) is 23.6. The molecule has 0 bridgehead atoms. The molecular weight excluding hydrogens is 402 g/mol. The van der Waals surface area contributed by atoms with Crippen molar-refractivity contribution in [3.05, 3.63) is 29.8 Å². The number of carbonyl (C=O) groups excluding carboxylic acids is 3. The molecule has 4 N–H and O–H groups in total. The van der Waals surface area contributed by atoms with E-state index >= 15 is 0 Å². The fourth-order valence-corrected chi connectivity index (χ4v) is 2.94. The maximum atomic E-state index is 13.0. The van der Waals surface area contributed by atoms with Gasteiger partial charge in [0.05, 0.1) is 6.61 Å². The van der Waals surface area contributed by atoms with Gasteiger partial charge in [-0.15, -0.1) is 0 Å². The number of nitrogens with one attached hydrogen (secondary N) is 2. The first-order valence-electron chi connectivity index (χ1n) is 10.4. The van der Waals surface area contributed by atoms with Crippen LogP contribution >= 0.6 is 0 Å². The topological polar surface area (TPSA) is 128 Å². The lowest BCUT2D eigenvalue weighted by molar-refractivity contribution is -0.141. The Balaban J connectivity index is 3.07. The van der Waals surface area contributed by atoms with Gasteiger partial charge in [-0.2, -0.15) is 0 Å². The minimum absolute atomic E-state index is 0.142. The van der Waals surface area contributed by atoms with E-state index in [1.165, 1.54) is 13.1 Å². The number of para-hydroxylation sites is 1. The highest BCUT2D eigenvalue weighted by Crippen LogP contribution is 2.28. The van der Waals surface area contributed by atoms with Crippen molar-refractivity contribution in [3.8, 4) is 5.75 Å². The maximum absolute atomic E-state index is 13.0. The summed E-state index contributed by atoms with van der Waals surface area (Å²) in [5, 5.41) is 25.1. The molecule has 0 aliphatic rings. The van der Waals surface area contributed by atoms with Crippen LogP contribution in [0.3, 0.4) is 0 Å². The number of aromatic hydroxyl groups is 1. The number of likely N-dealkylation sites (N-methyl/N-ethyl adjacent to an activating group) is 1. The lowest BCUT2D eigenvalue weighted by Crippen LogP contribution is -2.53. The van der Waals surface area contributed by atoms with Gasteiger partial charge in [0.15, 0.2) is 0 Å². The summed E-state index contributed by atoms with van der Waals surface area (Å²) in [6.45, 7) is 6.81. The van der Waals surface area contributed by atoms with Crippen LogP contribution in [0.2, 0.25) is 0 Å². The van der Waals surface area contributed by atoms with Gasteiger partial charge < -0.3 is 30.5 Å². The first-order chi connectivity index (χ1) is 14.5. The van der Waals surface area contributed by atoms with E-state index < -0.39 is 42.2 Å². The summed E-state index contributed by atoms with van der Waals surface area (Å²) in [5.74, 6) is -1.32. The molecule has 0 aliphatic carbocycles. The number of hydrogen-bond acceptors (Lipinski definition) is 6. The highest BCUT2D eigenvalue weighted by Gasteiger charge is 2.34. The Hall–Kier alpha value is -2.81. The lowest BCUT2D eigenvalue weighted by atomic mass is 10.0. The minimum atomic E-state index is -1.32. The fraction of sp³-hybridized carbons (Fsp3) is 0.591. The minimum Gasteiger partial charge on any atom is -0.508 e. The average Bonchev–Trinajstić information content (AvgIpc) is 2.69. The zero-order valence-corrected chi connectivity index (χ0v) is 19.0. The number of alkyl carbamates (subject to hydrolysis) is 1. The largest absolute Gasteiger partial charge is 0.508 e. The van der Waals surface area contributed by atoms with Crippen molar-refractivity contribution in [1.29, 1.82) is 0 Å². The second-order valence-corrected chi connectivity index (χ2v) is 8.29. The third-order valence-corrected chi connectivity index (χ3v) is 4.47. The Labute approximate surface area is 183 Å². The Bertz CT molecular complexity index is 747. The smallest absolute Gasteiger partial charge is 0.408 e. The van der Waals surface area contributed by atoms with Gasteiger partial charge in [-0.05, 0) is 33.3 Å². The predicted octanol–water partition coefficient (Wildman–Crippen LogP) is 2.08. The van der Waals surface area contributed by atoms with E-state index in [2.05, 4.69) is 10.6 Å². The Morgan fingerprint density at radius 2 is 1.81 bits per heavy atom. The molecule has 1 aromatic rings. The normalized spacial score (nSPS) is 13.1. The molecule has 0 aliphatic heterocycles. The van der Waals surface area contributed by atoms with Crippen LogP contribution in [0, 0.1) is 0 Å². The maximum Gasteiger partial charge on any atom is 0.408 e. The standard InChI is InChI=1S/C22H35N3O6/c1-6-7-10-13-23-19(28)18(15-11-8-9-12-17(15)27)25(5)20(29)16(14-26)24-21(30)31-22(2,3)4/h8-9,11-12,16,18,26-27H,6-7,10,13-14H2,1-5H3,(H,23,28)(H,24,30). The van der Waals surface area contributed by atoms with Crippen molar-refractivity contribution in [3.63, 3.8) is 0 Å². The zero-order valence-electron chi connectivity index (χ0n) is 19.0. The number of ether oxygens (including phenoxy) is 1. The van der Waals surface area contributed by atoms with Crippen LogP contribution in [0.25, 0.3) is 0 Å². The number of aliphatic hydroxyl groups excluding tert-OH is 1. The van der Waals surface area contributed by atoms with Gasteiger partial charge in [-0.3, -0.25) is 9.59 Å². The van der Waals surface area contributed by atoms with Crippen molar-refractivity contribution in [2.75, 3.05) is 20.2 Å². The van der Waals surface area contributed by atoms with Crippen LogP contribution in [0.15, 0.2) is 24.3 Å². The number of nitrogens with zero attached hydrogens (tertiary/aromatic N) is 1. The molecule has 0 saturated carbocycles. The summed E-state index contributed by atoms with van der Waals surface area (Å²) < 4.78 is 5.14. The summed E-state index contributed by atoms with van der Waals surface area (Å²) >= 11 is 0. The summed E-state index contributed by atoms with van der Waals surface area (Å²) in [6, 6.07) is 3.76. The van der Waals surface area contributed by atoms with Crippen LogP contribution in [0.1, 0.15) is 58.6 Å². The van der Waals surface area contributed by atoms with Gasteiger partial charge in [-0.1, -0.05) is 38.0 Å². The van der Waals surface area contributed by atoms with Gasteiger partial charge in [0.2, 0.25) is 11.8 Å². The molecule has 2 atom stereocenters.